The minimum atomic E-state index is -3.04. The summed E-state index contributed by atoms with van der Waals surface area (Å²) < 4.78 is 47.8. The average Bonchev–Trinajstić information content (AvgIpc) is 2.79. The average molecular weight is 516 g/mol. The number of nitrogens with zero attached hydrogens (tertiary/aromatic N) is 1. The van der Waals surface area contributed by atoms with E-state index in [1.54, 1.807) is 0 Å². The molecule has 0 aromatic heterocycles. The third kappa shape index (κ3) is 7.41. The summed E-state index contributed by atoms with van der Waals surface area (Å²) in [6.07, 6.45) is -0.983. The Labute approximate surface area is 202 Å². The number of benzene rings is 2. The number of carbonyl (C=O) groups excluding carboxylic acids is 2. The van der Waals surface area contributed by atoms with E-state index >= 15 is 0 Å². The summed E-state index contributed by atoms with van der Waals surface area (Å²) in [5, 5.41) is 14.6. The summed E-state index contributed by atoms with van der Waals surface area (Å²) in [6, 6.07) is 7.37. The first-order chi connectivity index (χ1) is 16.6. The maximum absolute atomic E-state index is 13.5. The monoisotopic (exact) mass is 515 g/mol. The molecule has 0 saturated carbocycles. The molecule has 3 rings (SSSR count). The molecule has 0 bridgehead atoms. The molecule has 0 spiro atoms. The van der Waals surface area contributed by atoms with Crippen LogP contribution in [0.4, 0.5) is 23.7 Å². The predicted octanol–water partition coefficient (Wildman–Crippen LogP) is 3.73. The first-order valence-corrected chi connectivity index (χ1v) is 10.7. The van der Waals surface area contributed by atoms with Crippen molar-refractivity contribution in [3.8, 4) is 11.5 Å². The number of carbonyl (C=O) groups is 3. The van der Waals surface area contributed by atoms with Crippen LogP contribution in [-0.2, 0) is 9.59 Å². The molecule has 1 saturated heterocycles. The van der Waals surface area contributed by atoms with Gasteiger partial charge >= 0.3 is 12.7 Å². The van der Waals surface area contributed by atoms with Gasteiger partial charge in [0.15, 0.2) is 6.61 Å². The van der Waals surface area contributed by atoms with Gasteiger partial charge in [0.05, 0.1) is 5.02 Å². The van der Waals surface area contributed by atoms with Crippen molar-refractivity contribution in [1.82, 2.24) is 10.2 Å². The number of carboxylic acid groups (broad SMARTS) is 1. The van der Waals surface area contributed by atoms with Gasteiger partial charge in [-0.2, -0.15) is 8.78 Å². The highest BCUT2D eigenvalue weighted by atomic mass is 35.5. The third-order valence-electron chi connectivity index (χ3n) is 5.08. The number of amides is 3. The van der Waals surface area contributed by atoms with Crippen molar-refractivity contribution in [2.24, 2.45) is 0 Å². The predicted molar refractivity (Wildman–Crippen MR) is 118 cm³/mol. The van der Waals surface area contributed by atoms with E-state index in [9.17, 15) is 32.7 Å². The number of hydrogen-bond acceptors (Lipinski definition) is 5. The van der Waals surface area contributed by atoms with Crippen LogP contribution in [0, 0.1) is 5.82 Å². The normalized spacial score (nSPS) is 17.6. The summed E-state index contributed by atoms with van der Waals surface area (Å²) in [5.41, 5.74) is 0.157. The molecule has 9 nitrogen and oxygen atoms in total. The van der Waals surface area contributed by atoms with E-state index in [0.717, 1.165) is 11.0 Å². The highest BCUT2D eigenvalue weighted by Gasteiger charge is 2.36. The Hall–Kier alpha value is -3.67. The summed E-state index contributed by atoms with van der Waals surface area (Å²) in [4.78, 5) is 37.6. The topological polar surface area (TPSA) is 117 Å². The number of halogens is 4. The molecule has 1 aliphatic rings. The number of likely N-dealkylation sites (tertiary alicyclic amines) is 1. The Morgan fingerprint density at radius 1 is 1.14 bits per heavy atom. The van der Waals surface area contributed by atoms with E-state index in [1.807, 2.05) is 0 Å². The maximum atomic E-state index is 13.5. The second-order valence-electron chi connectivity index (χ2n) is 7.55. The molecule has 13 heteroatoms. The third-order valence-corrected chi connectivity index (χ3v) is 5.39. The summed E-state index contributed by atoms with van der Waals surface area (Å²) >= 11 is 5.59. The summed E-state index contributed by atoms with van der Waals surface area (Å²) in [6.45, 7) is -3.64. The van der Waals surface area contributed by atoms with Crippen molar-refractivity contribution in [3.05, 3.63) is 53.3 Å². The number of piperidine rings is 1. The summed E-state index contributed by atoms with van der Waals surface area (Å²) in [5.74, 6) is -1.99. The molecule has 3 amide bonds. The highest BCUT2D eigenvalue weighted by molar-refractivity contribution is 6.30. The van der Waals surface area contributed by atoms with E-state index in [-0.39, 0.29) is 41.6 Å². The molecule has 3 N–H and O–H groups in total. The number of anilines is 1. The fourth-order valence-electron chi connectivity index (χ4n) is 3.53. The van der Waals surface area contributed by atoms with Crippen LogP contribution >= 0.6 is 11.6 Å². The first kappa shape index (κ1) is 25.9. The molecule has 0 radical (unpaired) electrons. The lowest BCUT2D eigenvalue weighted by atomic mass is 9.97. The Morgan fingerprint density at radius 3 is 2.60 bits per heavy atom. The van der Waals surface area contributed by atoms with Crippen LogP contribution in [0.3, 0.4) is 0 Å². The molecule has 2 atom stereocenters. The fraction of sp³-hybridized carbons (Fsp3) is 0.318. The van der Waals surface area contributed by atoms with Crippen LogP contribution in [0.15, 0.2) is 42.5 Å². The molecule has 0 aliphatic carbocycles. The zero-order valence-electron chi connectivity index (χ0n) is 18.0. The first-order valence-electron chi connectivity index (χ1n) is 10.3. The lowest BCUT2D eigenvalue weighted by Gasteiger charge is -2.37. The van der Waals surface area contributed by atoms with Crippen LogP contribution in [0.25, 0.3) is 0 Å². The minimum Gasteiger partial charge on any atom is -0.484 e. The largest absolute Gasteiger partial charge is 0.484 e. The van der Waals surface area contributed by atoms with E-state index in [0.29, 0.717) is 0 Å². The zero-order valence-corrected chi connectivity index (χ0v) is 18.8. The van der Waals surface area contributed by atoms with Crippen LogP contribution in [0.2, 0.25) is 5.02 Å². The second kappa shape index (κ2) is 11.6. The van der Waals surface area contributed by atoms with Crippen molar-refractivity contribution < 1.29 is 42.1 Å². The van der Waals surface area contributed by atoms with Gasteiger partial charge in [-0.05, 0) is 37.1 Å². The van der Waals surface area contributed by atoms with Crippen molar-refractivity contribution >= 4 is 35.2 Å². The molecule has 0 unspecified atom stereocenters. The van der Waals surface area contributed by atoms with E-state index in [1.165, 1.54) is 36.4 Å². The molecule has 35 heavy (non-hydrogen) atoms. The van der Waals surface area contributed by atoms with Crippen LogP contribution in [0.1, 0.15) is 12.8 Å². The van der Waals surface area contributed by atoms with E-state index in [2.05, 4.69) is 15.4 Å². The van der Waals surface area contributed by atoms with Gasteiger partial charge in [-0.25, -0.2) is 9.18 Å². The molecule has 188 valence electrons. The van der Waals surface area contributed by atoms with E-state index in [4.69, 9.17) is 16.3 Å². The number of nitrogens with one attached hydrogen (secondary N) is 2. The molecule has 1 aliphatic heterocycles. The van der Waals surface area contributed by atoms with Gasteiger partial charge in [0.2, 0.25) is 5.91 Å². The Balaban J connectivity index is 1.55. The van der Waals surface area contributed by atoms with Crippen LogP contribution in [0.5, 0.6) is 11.5 Å². The van der Waals surface area contributed by atoms with Gasteiger partial charge in [0, 0.05) is 30.4 Å². The van der Waals surface area contributed by atoms with Gasteiger partial charge in [-0.3, -0.25) is 14.5 Å². The molecular formula is C22H21ClF3N3O6. The zero-order chi connectivity index (χ0) is 25.5. The second-order valence-corrected chi connectivity index (χ2v) is 7.96. The van der Waals surface area contributed by atoms with E-state index < -0.39 is 49.0 Å². The number of rotatable bonds is 8. The Kier molecular flexibility index (Phi) is 8.63. The highest BCUT2D eigenvalue weighted by Crippen LogP contribution is 2.23. The van der Waals surface area contributed by atoms with Gasteiger partial charge in [-0.15, -0.1) is 0 Å². The maximum Gasteiger partial charge on any atom is 0.408 e. The number of alkyl halides is 2. The molecule has 2 aromatic carbocycles. The number of ether oxygens (including phenoxy) is 2. The Morgan fingerprint density at radius 2 is 1.91 bits per heavy atom. The molecule has 1 fully saturated rings. The molecule has 2 aromatic rings. The van der Waals surface area contributed by atoms with Crippen molar-refractivity contribution in [2.45, 2.75) is 31.5 Å². The fourth-order valence-corrected chi connectivity index (χ4v) is 3.65. The standard InChI is InChI=1S/C22H21ClF3N3O6/c23-16-6-5-14(9-17(16)24)34-11-19(30)27-13-4-7-18(29(10-13)22(32)33)20(31)28-12-2-1-3-15(8-12)35-21(25)26/h1-3,5-6,8-9,13,18,21H,4,7,10-11H2,(H,27,30)(H,28,31)(H,32,33)/t13-,18+/m0/s1. The number of hydrogen-bond donors (Lipinski definition) is 3. The molecular weight excluding hydrogens is 495 g/mol. The lowest BCUT2D eigenvalue weighted by molar-refractivity contribution is -0.125. The van der Waals surface area contributed by atoms with Gasteiger partial charge in [0.1, 0.15) is 23.4 Å². The van der Waals surface area contributed by atoms with Crippen LogP contribution in [-0.4, -0.2) is 59.8 Å². The summed E-state index contributed by atoms with van der Waals surface area (Å²) in [7, 11) is 0. The SMILES string of the molecule is O=C(COc1ccc(Cl)c(F)c1)N[C@H]1CC[C@H](C(=O)Nc2cccc(OC(F)F)c2)N(C(=O)O)C1. The smallest absolute Gasteiger partial charge is 0.408 e. The molecule has 1 heterocycles. The van der Waals surface area contributed by atoms with Crippen molar-refractivity contribution in [3.63, 3.8) is 0 Å². The van der Waals surface area contributed by atoms with Gasteiger partial charge in [-0.1, -0.05) is 17.7 Å². The van der Waals surface area contributed by atoms with Gasteiger partial charge < -0.3 is 25.2 Å². The Bertz CT molecular complexity index is 1090. The lowest BCUT2D eigenvalue weighted by Crippen LogP contribution is -2.57. The van der Waals surface area contributed by atoms with Crippen molar-refractivity contribution in [1.29, 1.82) is 0 Å². The quantitative estimate of drug-likeness (QED) is 0.493. The van der Waals surface area contributed by atoms with Crippen LogP contribution < -0.4 is 20.1 Å². The van der Waals surface area contributed by atoms with Crippen molar-refractivity contribution in [2.75, 3.05) is 18.5 Å². The minimum absolute atomic E-state index is 0.0921. The van der Waals surface area contributed by atoms with Gasteiger partial charge in [0.25, 0.3) is 5.91 Å².